The van der Waals surface area contributed by atoms with Crippen molar-refractivity contribution in [3.63, 3.8) is 0 Å². The summed E-state index contributed by atoms with van der Waals surface area (Å²) >= 11 is 0. The van der Waals surface area contributed by atoms with E-state index in [1.807, 2.05) is 30.3 Å². The summed E-state index contributed by atoms with van der Waals surface area (Å²) < 4.78 is 5.37. The molecular formula is C15H15NO2. The van der Waals surface area contributed by atoms with E-state index < -0.39 is 0 Å². The molecule has 3 heteroatoms. The summed E-state index contributed by atoms with van der Waals surface area (Å²) in [7, 11) is 1.62. The molecule has 2 aromatic rings. The van der Waals surface area contributed by atoms with Gasteiger partial charge in [-0.1, -0.05) is 18.2 Å². The fourth-order valence-electron chi connectivity index (χ4n) is 2.38. The Balaban J connectivity index is 2.05. The van der Waals surface area contributed by atoms with Crippen LogP contribution in [0.1, 0.15) is 23.2 Å². The van der Waals surface area contributed by atoms with Gasteiger partial charge in [0.2, 0.25) is 0 Å². The third-order valence-corrected chi connectivity index (χ3v) is 3.47. The van der Waals surface area contributed by atoms with Crippen LogP contribution in [0.3, 0.4) is 0 Å². The van der Waals surface area contributed by atoms with E-state index >= 15 is 0 Å². The second-order valence-corrected chi connectivity index (χ2v) is 4.73. The third kappa shape index (κ3) is 1.91. The molecule has 1 aromatic carbocycles. The van der Waals surface area contributed by atoms with Gasteiger partial charge >= 0.3 is 0 Å². The lowest BCUT2D eigenvalue weighted by Crippen LogP contribution is -2.25. The van der Waals surface area contributed by atoms with Gasteiger partial charge in [-0.2, -0.15) is 0 Å². The van der Waals surface area contributed by atoms with Gasteiger partial charge in [-0.25, -0.2) is 0 Å². The minimum absolute atomic E-state index is 0.0820. The summed E-state index contributed by atoms with van der Waals surface area (Å²) in [5.74, 6) is 0.480. The Bertz CT molecular complexity index is 585. The first kappa shape index (κ1) is 11.4. The number of Topliss-reactive ketones (excluding diaryl/α,β-unsaturated/α-hetero) is 1. The first-order valence-corrected chi connectivity index (χ1v) is 6.22. The van der Waals surface area contributed by atoms with Gasteiger partial charge in [-0.05, 0) is 30.9 Å². The fraction of sp³-hybridized carbons (Fsp3) is 0.333. The van der Waals surface area contributed by atoms with Crippen LogP contribution in [0.15, 0.2) is 36.5 Å². The molecule has 0 saturated heterocycles. The van der Waals surface area contributed by atoms with Gasteiger partial charge in [0.25, 0.3) is 0 Å². The predicted molar refractivity (Wildman–Crippen MR) is 69.6 cm³/mol. The molecule has 0 amide bonds. The zero-order valence-corrected chi connectivity index (χ0v) is 10.3. The van der Waals surface area contributed by atoms with Crippen molar-refractivity contribution in [2.75, 3.05) is 7.11 Å². The molecule has 0 radical (unpaired) electrons. The molecular weight excluding hydrogens is 226 g/mol. The van der Waals surface area contributed by atoms with Crippen molar-refractivity contribution >= 4 is 16.7 Å². The van der Waals surface area contributed by atoms with Crippen LogP contribution >= 0.6 is 0 Å². The lowest BCUT2D eigenvalue weighted by Gasteiger charge is -2.14. The van der Waals surface area contributed by atoms with E-state index in [1.54, 1.807) is 13.3 Å². The number of pyridine rings is 1. The molecule has 0 aliphatic heterocycles. The Morgan fingerprint density at radius 1 is 1.33 bits per heavy atom. The average molecular weight is 241 g/mol. The van der Waals surface area contributed by atoms with Gasteiger partial charge in [-0.15, -0.1) is 0 Å². The van der Waals surface area contributed by atoms with E-state index in [0.29, 0.717) is 5.92 Å². The normalized spacial score (nSPS) is 16.7. The Labute approximate surface area is 106 Å². The van der Waals surface area contributed by atoms with Gasteiger partial charge in [0.05, 0.1) is 5.52 Å². The Kier molecular flexibility index (Phi) is 2.84. The number of carbonyl (C=O) groups excluding carboxylic acids is 1. The maximum atomic E-state index is 12.5. The van der Waals surface area contributed by atoms with Crippen molar-refractivity contribution in [2.45, 2.75) is 18.9 Å². The number of nitrogens with zero attached hydrogens (tertiary/aromatic N) is 1. The molecule has 1 aliphatic rings. The highest BCUT2D eigenvalue weighted by atomic mass is 16.5. The van der Waals surface area contributed by atoms with Crippen LogP contribution in [0.5, 0.6) is 0 Å². The molecule has 1 atom stereocenters. The Hall–Kier alpha value is -1.74. The number of fused-ring (bicyclic) bond motifs is 1. The number of methoxy groups -OCH3 is 1. The predicted octanol–water partition coefficient (Wildman–Crippen LogP) is 2.84. The molecule has 3 rings (SSSR count). The summed E-state index contributed by atoms with van der Waals surface area (Å²) in [6.45, 7) is 0. The lowest BCUT2D eigenvalue weighted by molar-refractivity contribution is 0.0541. The topological polar surface area (TPSA) is 39.2 Å². The molecule has 1 heterocycles. The van der Waals surface area contributed by atoms with Crippen molar-refractivity contribution < 1.29 is 9.53 Å². The first-order valence-electron chi connectivity index (χ1n) is 6.22. The van der Waals surface area contributed by atoms with Gasteiger partial charge in [-0.3, -0.25) is 9.78 Å². The van der Waals surface area contributed by atoms with Crippen LogP contribution < -0.4 is 0 Å². The molecule has 1 unspecified atom stereocenters. The highest BCUT2D eigenvalue weighted by molar-refractivity contribution is 6.09. The van der Waals surface area contributed by atoms with E-state index in [9.17, 15) is 4.79 Å². The van der Waals surface area contributed by atoms with Crippen molar-refractivity contribution in [1.29, 1.82) is 0 Å². The number of rotatable bonds is 4. The van der Waals surface area contributed by atoms with E-state index in [1.165, 1.54) is 0 Å². The molecule has 0 spiro atoms. The number of hydrogen-bond acceptors (Lipinski definition) is 3. The number of benzene rings is 1. The maximum absolute atomic E-state index is 12.5. The molecule has 18 heavy (non-hydrogen) atoms. The molecule has 0 N–H and O–H groups in total. The molecule has 92 valence electrons. The van der Waals surface area contributed by atoms with Crippen molar-refractivity contribution in [3.8, 4) is 0 Å². The van der Waals surface area contributed by atoms with Crippen molar-refractivity contribution in [3.05, 3.63) is 42.1 Å². The van der Waals surface area contributed by atoms with Crippen LogP contribution in [-0.4, -0.2) is 24.0 Å². The summed E-state index contributed by atoms with van der Waals surface area (Å²) in [5.41, 5.74) is 1.58. The van der Waals surface area contributed by atoms with Gasteiger partial charge < -0.3 is 4.74 Å². The number of ketones is 1. The quantitative estimate of drug-likeness (QED) is 0.773. The fourth-order valence-corrected chi connectivity index (χ4v) is 2.38. The van der Waals surface area contributed by atoms with Crippen LogP contribution in [0.4, 0.5) is 0 Å². The zero-order chi connectivity index (χ0) is 12.5. The highest BCUT2D eigenvalue weighted by Gasteiger charge is 2.37. The molecule has 1 aliphatic carbocycles. The Morgan fingerprint density at radius 3 is 2.89 bits per heavy atom. The summed E-state index contributed by atoms with van der Waals surface area (Å²) in [6, 6.07) is 9.46. The number of carbonyl (C=O) groups is 1. The molecule has 1 saturated carbocycles. The lowest BCUT2D eigenvalue weighted by atomic mass is 9.99. The molecule has 1 fully saturated rings. The van der Waals surface area contributed by atoms with E-state index in [-0.39, 0.29) is 11.9 Å². The highest BCUT2D eigenvalue weighted by Crippen LogP contribution is 2.36. The SMILES string of the molecule is COC(C(=O)c1cccc2ncccc12)C1CC1. The van der Waals surface area contributed by atoms with Crippen LogP contribution in [0, 0.1) is 5.92 Å². The average Bonchev–Trinajstić information content (AvgIpc) is 3.23. The number of hydrogen-bond donors (Lipinski definition) is 0. The van der Waals surface area contributed by atoms with Gasteiger partial charge in [0.1, 0.15) is 6.10 Å². The van der Waals surface area contributed by atoms with Crippen LogP contribution in [0.2, 0.25) is 0 Å². The van der Waals surface area contributed by atoms with Crippen molar-refractivity contribution in [1.82, 2.24) is 4.98 Å². The second-order valence-electron chi connectivity index (χ2n) is 4.73. The summed E-state index contributed by atoms with van der Waals surface area (Å²) in [5, 5.41) is 0.910. The largest absolute Gasteiger partial charge is 0.373 e. The standard InChI is InChI=1S/C15H15NO2/c1-18-15(10-7-8-10)14(17)12-4-2-6-13-11(12)5-3-9-16-13/h2-6,9-10,15H,7-8H2,1H3. The van der Waals surface area contributed by atoms with Crippen LogP contribution in [0.25, 0.3) is 10.9 Å². The maximum Gasteiger partial charge on any atom is 0.192 e. The van der Waals surface area contributed by atoms with Crippen molar-refractivity contribution in [2.24, 2.45) is 5.92 Å². The summed E-state index contributed by atoms with van der Waals surface area (Å²) in [4.78, 5) is 16.8. The zero-order valence-electron chi connectivity index (χ0n) is 10.3. The monoisotopic (exact) mass is 241 g/mol. The second kappa shape index (κ2) is 4.50. The van der Waals surface area contributed by atoms with E-state index in [2.05, 4.69) is 4.98 Å². The minimum atomic E-state index is -0.296. The van der Waals surface area contributed by atoms with Gasteiger partial charge in [0.15, 0.2) is 5.78 Å². The molecule has 1 aromatic heterocycles. The number of aromatic nitrogens is 1. The van der Waals surface area contributed by atoms with E-state index in [4.69, 9.17) is 4.74 Å². The third-order valence-electron chi connectivity index (χ3n) is 3.47. The van der Waals surface area contributed by atoms with E-state index in [0.717, 1.165) is 29.3 Å². The molecule has 0 bridgehead atoms. The molecule has 3 nitrogen and oxygen atoms in total. The minimum Gasteiger partial charge on any atom is -0.373 e. The van der Waals surface area contributed by atoms with Gasteiger partial charge in [0, 0.05) is 24.3 Å². The number of ether oxygens (including phenoxy) is 1. The smallest absolute Gasteiger partial charge is 0.192 e. The van der Waals surface area contributed by atoms with Crippen LogP contribution in [-0.2, 0) is 4.74 Å². The Morgan fingerprint density at radius 2 is 2.17 bits per heavy atom. The summed E-state index contributed by atoms with van der Waals surface area (Å²) in [6.07, 6.45) is 3.63. The first-order chi connectivity index (χ1) is 8.81.